The number of benzene rings is 3. The molecule has 1 amide bonds. The van der Waals surface area contributed by atoms with Crippen LogP contribution in [0.2, 0.25) is 0 Å². The summed E-state index contributed by atoms with van der Waals surface area (Å²) in [7, 11) is 0. The van der Waals surface area contributed by atoms with E-state index in [1.807, 2.05) is 65.6 Å². The molecule has 196 valence electrons. The minimum atomic E-state index is -0.923. The van der Waals surface area contributed by atoms with Crippen LogP contribution in [-0.4, -0.2) is 44.9 Å². The van der Waals surface area contributed by atoms with Crippen LogP contribution < -0.4 is 0 Å². The van der Waals surface area contributed by atoms with Gasteiger partial charge < -0.3 is 15.0 Å². The van der Waals surface area contributed by atoms with Gasteiger partial charge in [0.2, 0.25) is 0 Å². The summed E-state index contributed by atoms with van der Waals surface area (Å²) in [5.41, 5.74) is 6.64. The number of nitrogens with zero attached hydrogens (tertiary/aromatic N) is 2. The lowest BCUT2D eigenvalue weighted by Crippen LogP contribution is -2.48. The van der Waals surface area contributed by atoms with E-state index < -0.39 is 5.97 Å². The van der Waals surface area contributed by atoms with Gasteiger partial charge in [-0.1, -0.05) is 81.0 Å². The minimum absolute atomic E-state index is 0.000534. The Bertz CT molecular complexity index is 1640. The molecular weight excluding hydrogens is 486 g/mol. The molecule has 2 N–H and O–H groups in total. The zero-order valence-corrected chi connectivity index (χ0v) is 22.4. The topological polar surface area (TPSA) is 86.3 Å². The Balaban J connectivity index is 1.30. The predicted molar refractivity (Wildman–Crippen MR) is 153 cm³/mol. The summed E-state index contributed by atoms with van der Waals surface area (Å²) in [6.07, 6.45) is 5.29. The molecule has 0 fully saturated rings. The second-order valence-electron chi connectivity index (χ2n) is 11.3. The summed E-state index contributed by atoms with van der Waals surface area (Å²) in [5.74, 6) is -0.230. The molecule has 1 aliphatic carbocycles. The average Bonchev–Trinajstić information content (AvgIpc) is 3.36. The normalized spacial score (nSPS) is 20.2. The molecule has 4 aromatic rings. The molecule has 1 unspecified atom stereocenters. The van der Waals surface area contributed by atoms with E-state index in [1.54, 1.807) is 12.1 Å². The van der Waals surface area contributed by atoms with Crippen LogP contribution in [-0.2, 0) is 0 Å². The van der Waals surface area contributed by atoms with Gasteiger partial charge in [-0.25, -0.2) is 9.78 Å². The third-order valence-electron chi connectivity index (χ3n) is 8.34. The van der Waals surface area contributed by atoms with Gasteiger partial charge >= 0.3 is 5.97 Å². The third-order valence-corrected chi connectivity index (χ3v) is 8.34. The molecule has 1 atom stereocenters. The third kappa shape index (κ3) is 4.16. The summed E-state index contributed by atoms with van der Waals surface area (Å²) in [4.78, 5) is 35.3. The standard InChI is InChI=1S/C33H31N3O3/c1-32(2)25(21-12-14-22(15-13-21)31(38)39)16-18-33(3)20-36(19-17-28(32)33)30(37)24-9-5-4-8-23(24)29-34-26-10-6-7-11-27(26)35-29/h4-17H,18-20H2,1-3H3,(H,34,35)(H,38,39). The SMILES string of the molecule is CC12CC=C(c3ccc(C(=O)O)cc3)C(C)(C)C1=CCN(C(=O)c1ccccc1-c1nc3ccccc3[nH]1)C2. The first-order valence-corrected chi connectivity index (χ1v) is 13.3. The predicted octanol–water partition coefficient (Wildman–Crippen LogP) is 6.83. The van der Waals surface area contributed by atoms with Crippen LogP contribution in [0.4, 0.5) is 0 Å². The average molecular weight is 518 g/mol. The van der Waals surface area contributed by atoms with Crippen LogP contribution in [0.3, 0.4) is 0 Å². The maximum atomic E-state index is 14.0. The number of nitrogens with one attached hydrogen (secondary N) is 1. The molecule has 0 saturated carbocycles. The first-order chi connectivity index (χ1) is 18.7. The van der Waals surface area contributed by atoms with Gasteiger partial charge in [0.1, 0.15) is 5.82 Å². The Morgan fingerprint density at radius 3 is 2.38 bits per heavy atom. The first kappa shape index (κ1) is 24.9. The fourth-order valence-corrected chi connectivity index (χ4v) is 6.48. The lowest BCUT2D eigenvalue weighted by molar-refractivity contribution is 0.0679. The second-order valence-corrected chi connectivity index (χ2v) is 11.3. The van der Waals surface area contributed by atoms with Crippen molar-refractivity contribution >= 4 is 28.5 Å². The molecule has 0 radical (unpaired) electrons. The van der Waals surface area contributed by atoms with Gasteiger partial charge in [-0.3, -0.25) is 4.79 Å². The highest BCUT2D eigenvalue weighted by Crippen LogP contribution is 2.55. The van der Waals surface area contributed by atoms with E-state index in [4.69, 9.17) is 4.98 Å². The van der Waals surface area contributed by atoms with Crippen molar-refractivity contribution in [3.8, 4) is 11.4 Å². The Labute approximate surface area is 227 Å². The van der Waals surface area contributed by atoms with Crippen molar-refractivity contribution in [1.82, 2.24) is 14.9 Å². The molecular formula is C33H31N3O3. The van der Waals surface area contributed by atoms with Crippen LogP contribution >= 0.6 is 0 Å². The molecule has 6 nitrogen and oxygen atoms in total. The number of carbonyl (C=O) groups excluding carboxylic acids is 1. The van der Waals surface area contributed by atoms with Gasteiger partial charge in [0.25, 0.3) is 5.91 Å². The number of aromatic nitrogens is 2. The van der Waals surface area contributed by atoms with Gasteiger partial charge in [0.15, 0.2) is 0 Å². The Morgan fingerprint density at radius 1 is 0.923 bits per heavy atom. The number of H-pyrrole nitrogens is 1. The number of imidazole rings is 1. The molecule has 2 aliphatic rings. The van der Waals surface area contributed by atoms with Crippen molar-refractivity contribution in [3.05, 3.63) is 107 Å². The van der Waals surface area contributed by atoms with Gasteiger partial charge in [-0.05, 0) is 47.9 Å². The van der Waals surface area contributed by atoms with Crippen molar-refractivity contribution in [3.63, 3.8) is 0 Å². The lowest BCUT2D eigenvalue weighted by Gasteiger charge is -2.50. The number of amides is 1. The van der Waals surface area contributed by atoms with Crippen LogP contribution in [0.25, 0.3) is 28.0 Å². The maximum absolute atomic E-state index is 14.0. The molecule has 3 aromatic carbocycles. The highest BCUT2D eigenvalue weighted by molar-refractivity contribution is 6.01. The molecule has 6 heteroatoms. The molecule has 39 heavy (non-hydrogen) atoms. The van der Waals surface area contributed by atoms with Crippen LogP contribution in [0.15, 0.2) is 90.5 Å². The number of carbonyl (C=O) groups is 2. The highest BCUT2D eigenvalue weighted by Gasteiger charge is 2.46. The molecule has 6 rings (SSSR count). The lowest BCUT2D eigenvalue weighted by atomic mass is 9.58. The zero-order chi connectivity index (χ0) is 27.4. The van der Waals surface area contributed by atoms with Crippen LogP contribution in [0.1, 0.15) is 53.5 Å². The largest absolute Gasteiger partial charge is 0.478 e. The number of aromatic carboxylic acids is 1. The molecule has 2 heterocycles. The number of allylic oxidation sites excluding steroid dienone is 2. The molecule has 1 aromatic heterocycles. The van der Waals surface area contributed by atoms with Crippen molar-refractivity contribution in [1.29, 1.82) is 0 Å². The fraction of sp³-hybridized carbons (Fsp3) is 0.242. The van der Waals surface area contributed by atoms with Crippen LogP contribution in [0.5, 0.6) is 0 Å². The van der Waals surface area contributed by atoms with E-state index in [0.717, 1.165) is 28.6 Å². The van der Waals surface area contributed by atoms with Crippen molar-refractivity contribution in [2.75, 3.05) is 13.1 Å². The van der Waals surface area contributed by atoms with E-state index in [2.05, 4.69) is 37.9 Å². The van der Waals surface area contributed by atoms with E-state index in [0.29, 0.717) is 24.5 Å². The number of carboxylic acid groups (broad SMARTS) is 1. The van der Waals surface area contributed by atoms with E-state index in [9.17, 15) is 14.7 Å². The summed E-state index contributed by atoms with van der Waals surface area (Å²) >= 11 is 0. The number of hydrogen-bond acceptors (Lipinski definition) is 3. The smallest absolute Gasteiger partial charge is 0.335 e. The van der Waals surface area contributed by atoms with Crippen LogP contribution in [0, 0.1) is 10.8 Å². The molecule has 0 spiro atoms. The molecule has 0 bridgehead atoms. The minimum Gasteiger partial charge on any atom is -0.478 e. The quantitative estimate of drug-likeness (QED) is 0.291. The van der Waals surface area contributed by atoms with Crippen molar-refractivity contribution in [2.45, 2.75) is 27.2 Å². The second kappa shape index (κ2) is 9.09. The van der Waals surface area contributed by atoms with Crippen molar-refractivity contribution in [2.24, 2.45) is 10.8 Å². The Kier molecular flexibility index (Phi) is 5.79. The van der Waals surface area contributed by atoms with E-state index in [-0.39, 0.29) is 22.3 Å². The zero-order valence-electron chi connectivity index (χ0n) is 22.4. The summed E-state index contributed by atoms with van der Waals surface area (Å²) in [5, 5.41) is 9.28. The number of carboxylic acids is 1. The van der Waals surface area contributed by atoms with E-state index >= 15 is 0 Å². The Hall–Kier alpha value is -4.45. The van der Waals surface area contributed by atoms with Gasteiger partial charge in [0.05, 0.1) is 22.2 Å². The molecule has 0 saturated heterocycles. The van der Waals surface area contributed by atoms with E-state index in [1.165, 1.54) is 11.1 Å². The van der Waals surface area contributed by atoms with Gasteiger partial charge in [-0.15, -0.1) is 0 Å². The van der Waals surface area contributed by atoms with Gasteiger partial charge in [-0.2, -0.15) is 0 Å². The molecule has 1 aliphatic heterocycles. The first-order valence-electron chi connectivity index (χ1n) is 13.3. The Morgan fingerprint density at radius 2 is 1.64 bits per heavy atom. The summed E-state index contributed by atoms with van der Waals surface area (Å²) in [6, 6.07) is 22.7. The fourth-order valence-electron chi connectivity index (χ4n) is 6.48. The number of hydrogen-bond donors (Lipinski definition) is 2. The number of aromatic amines is 1. The maximum Gasteiger partial charge on any atom is 0.335 e. The number of fused-ring (bicyclic) bond motifs is 2. The van der Waals surface area contributed by atoms with Gasteiger partial charge in [0, 0.05) is 29.5 Å². The summed E-state index contributed by atoms with van der Waals surface area (Å²) < 4.78 is 0. The monoisotopic (exact) mass is 517 g/mol. The number of rotatable bonds is 4. The summed E-state index contributed by atoms with van der Waals surface area (Å²) in [6.45, 7) is 7.85. The highest BCUT2D eigenvalue weighted by atomic mass is 16.4. The number of para-hydroxylation sites is 2. The van der Waals surface area contributed by atoms with Crippen molar-refractivity contribution < 1.29 is 14.7 Å².